The number of rotatable bonds is 5. The van der Waals surface area contributed by atoms with Crippen LogP contribution in [0.1, 0.15) is 19.8 Å². The normalized spacial score (nSPS) is 14.1. The second-order valence-electron chi connectivity index (χ2n) is 3.94. The highest BCUT2D eigenvalue weighted by Crippen LogP contribution is 2.21. The van der Waals surface area contributed by atoms with Gasteiger partial charge in [-0.1, -0.05) is 6.07 Å². The Morgan fingerprint density at radius 1 is 1.56 bits per heavy atom. The zero-order valence-corrected chi connectivity index (χ0v) is 10.1. The van der Waals surface area contributed by atoms with Gasteiger partial charge in [-0.05, 0) is 43.7 Å². The number of thioether (sulfide) groups is 1. The Balaban J connectivity index is 2.29. The van der Waals surface area contributed by atoms with Crippen molar-refractivity contribution in [2.45, 2.75) is 30.2 Å². The molecule has 4 heteroatoms. The molecule has 0 radical (unpaired) electrons. The first-order valence-electron chi connectivity index (χ1n) is 5.12. The Labute approximate surface area is 99.6 Å². The Kier molecular flexibility index (Phi) is 4.78. The van der Waals surface area contributed by atoms with Crippen molar-refractivity contribution in [1.29, 1.82) is 5.26 Å². The van der Waals surface area contributed by atoms with Gasteiger partial charge >= 0.3 is 0 Å². The third-order valence-corrected chi connectivity index (χ3v) is 3.24. The molecule has 1 aromatic carbocycles. The van der Waals surface area contributed by atoms with Gasteiger partial charge in [-0.15, -0.1) is 11.8 Å². The standard InChI is InChI=1S/C12H15FN2S/c1-12(15,9-14)6-3-7-16-11-5-2-4-10(13)8-11/h2,4-5,8H,3,6-7,15H2,1H3. The molecule has 16 heavy (non-hydrogen) atoms. The summed E-state index contributed by atoms with van der Waals surface area (Å²) in [6.07, 6.45) is 1.51. The SMILES string of the molecule is CC(N)(C#N)CCCSc1cccc(F)c1. The molecular weight excluding hydrogens is 223 g/mol. The first-order valence-corrected chi connectivity index (χ1v) is 6.10. The lowest BCUT2D eigenvalue weighted by Gasteiger charge is -2.14. The van der Waals surface area contributed by atoms with E-state index in [1.54, 1.807) is 24.8 Å². The highest BCUT2D eigenvalue weighted by atomic mass is 32.2. The van der Waals surface area contributed by atoms with Crippen LogP contribution in [0.2, 0.25) is 0 Å². The minimum Gasteiger partial charge on any atom is -0.314 e. The maximum absolute atomic E-state index is 12.8. The number of nitriles is 1. The van der Waals surface area contributed by atoms with Gasteiger partial charge in [0.15, 0.2) is 0 Å². The van der Waals surface area contributed by atoms with Crippen molar-refractivity contribution in [3.63, 3.8) is 0 Å². The summed E-state index contributed by atoms with van der Waals surface area (Å²) < 4.78 is 12.8. The van der Waals surface area contributed by atoms with E-state index in [2.05, 4.69) is 6.07 Å². The van der Waals surface area contributed by atoms with Crippen LogP contribution in [0, 0.1) is 17.1 Å². The van der Waals surface area contributed by atoms with E-state index in [-0.39, 0.29) is 5.82 Å². The fraction of sp³-hybridized carbons (Fsp3) is 0.417. The largest absolute Gasteiger partial charge is 0.314 e. The minimum atomic E-state index is -0.748. The van der Waals surface area contributed by atoms with Crippen molar-refractivity contribution in [3.8, 4) is 6.07 Å². The van der Waals surface area contributed by atoms with Crippen LogP contribution >= 0.6 is 11.8 Å². The zero-order valence-electron chi connectivity index (χ0n) is 9.24. The van der Waals surface area contributed by atoms with Crippen molar-refractivity contribution >= 4 is 11.8 Å². The van der Waals surface area contributed by atoms with Gasteiger partial charge in [0.05, 0.1) is 6.07 Å². The van der Waals surface area contributed by atoms with Gasteiger partial charge in [0.2, 0.25) is 0 Å². The van der Waals surface area contributed by atoms with E-state index >= 15 is 0 Å². The summed E-state index contributed by atoms with van der Waals surface area (Å²) in [5.41, 5.74) is 4.94. The second-order valence-corrected chi connectivity index (χ2v) is 5.11. The van der Waals surface area contributed by atoms with Gasteiger partial charge in [-0.2, -0.15) is 5.26 Å². The molecule has 0 spiro atoms. The summed E-state index contributed by atoms with van der Waals surface area (Å²) >= 11 is 1.58. The Morgan fingerprint density at radius 3 is 2.94 bits per heavy atom. The van der Waals surface area contributed by atoms with Gasteiger partial charge < -0.3 is 5.73 Å². The molecule has 1 atom stereocenters. The van der Waals surface area contributed by atoms with Gasteiger partial charge in [0.25, 0.3) is 0 Å². The van der Waals surface area contributed by atoms with Crippen LogP contribution in [0.3, 0.4) is 0 Å². The van der Waals surface area contributed by atoms with Crippen molar-refractivity contribution in [1.82, 2.24) is 0 Å². The summed E-state index contributed by atoms with van der Waals surface area (Å²) in [6.45, 7) is 1.72. The van der Waals surface area contributed by atoms with E-state index < -0.39 is 5.54 Å². The van der Waals surface area contributed by atoms with Crippen molar-refractivity contribution in [3.05, 3.63) is 30.1 Å². The third-order valence-electron chi connectivity index (χ3n) is 2.16. The fourth-order valence-corrected chi connectivity index (χ4v) is 2.14. The highest BCUT2D eigenvalue weighted by Gasteiger charge is 2.15. The van der Waals surface area contributed by atoms with Crippen LogP contribution in [0.15, 0.2) is 29.2 Å². The lowest BCUT2D eigenvalue weighted by Crippen LogP contribution is -2.33. The number of halogens is 1. The molecule has 0 saturated heterocycles. The molecule has 86 valence electrons. The summed E-state index contributed by atoms with van der Waals surface area (Å²) in [4.78, 5) is 0.913. The lowest BCUT2D eigenvalue weighted by molar-refractivity contribution is 0.540. The van der Waals surface area contributed by atoms with Crippen molar-refractivity contribution in [2.75, 3.05) is 5.75 Å². The zero-order chi connectivity index (χ0) is 12.0. The Bertz CT molecular complexity index is 385. The van der Waals surface area contributed by atoms with E-state index in [0.717, 1.165) is 17.1 Å². The summed E-state index contributed by atoms with van der Waals surface area (Å²) in [5, 5.41) is 8.72. The molecule has 0 aromatic heterocycles. The third kappa shape index (κ3) is 4.65. The van der Waals surface area contributed by atoms with E-state index in [9.17, 15) is 4.39 Å². The molecule has 2 N–H and O–H groups in total. The molecular formula is C12H15FN2S. The predicted molar refractivity (Wildman–Crippen MR) is 64.6 cm³/mol. The van der Waals surface area contributed by atoms with Crippen molar-refractivity contribution in [2.24, 2.45) is 5.73 Å². The van der Waals surface area contributed by atoms with Crippen LogP contribution in [-0.2, 0) is 0 Å². The summed E-state index contributed by atoms with van der Waals surface area (Å²) in [5.74, 6) is 0.628. The fourth-order valence-electron chi connectivity index (χ4n) is 1.24. The number of nitrogens with zero attached hydrogens (tertiary/aromatic N) is 1. The molecule has 1 aromatic rings. The smallest absolute Gasteiger partial charge is 0.124 e. The van der Waals surface area contributed by atoms with Gasteiger partial charge in [0, 0.05) is 4.90 Å². The quantitative estimate of drug-likeness (QED) is 0.634. The van der Waals surface area contributed by atoms with Crippen LogP contribution < -0.4 is 5.73 Å². The van der Waals surface area contributed by atoms with E-state index in [4.69, 9.17) is 11.0 Å². The molecule has 0 fully saturated rings. The predicted octanol–water partition coefficient (Wildman–Crippen LogP) is 2.94. The molecule has 0 aliphatic rings. The van der Waals surface area contributed by atoms with Gasteiger partial charge in [-0.3, -0.25) is 0 Å². The second kappa shape index (κ2) is 5.88. The molecule has 1 rings (SSSR count). The molecule has 0 heterocycles. The monoisotopic (exact) mass is 238 g/mol. The van der Waals surface area contributed by atoms with Gasteiger partial charge in [-0.25, -0.2) is 4.39 Å². The number of hydrogen-bond donors (Lipinski definition) is 1. The summed E-state index contributed by atoms with van der Waals surface area (Å²) in [7, 11) is 0. The van der Waals surface area contributed by atoms with Crippen LogP contribution in [-0.4, -0.2) is 11.3 Å². The van der Waals surface area contributed by atoms with E-state index in [1.807, 2.05) is 6.07 Å². The average Bonchev–Trinajstić information content (AvgIpc) is 2.25. The average molecular weight is 238 g/mol. The topological polar surface area (TPSA) is 49.8 Å². The van der Waals surface area contributed by atoms with Crippen molar-refractivity contribution < 1.29 is 4.39 Å². The lowest BCUT2D eigenvalue weighted by atomic mass is 10.0. The Morgan fingerprint density at radius 2 is 2.31 bits per heavy atom. The molecule has 0 aliphatic carbocycles. The minimum absolute atomic E-state index is 0.217. The van der Waals surface area contributed by atoms with Crippen LogP contribution in [0.4, 0.5) is 4.39 Å². The van der Waals surface area contributed by atoms with Crippen LogP contribution in [0.25, 0.3) is 0 Å². The summed E-state index contributed by atoms with van der Waals surface area (Å²) in [6, 6.07) is 8.56. The number of nitrogens with two attached hydrogens (primary N) is 1. The van der Waals surface area contributed by atoms with Crippen LogP contribution in [0.5, 0.6) is 0 Å². The van der Waals surface area contributed by atoms with E-state index in [1.165, 1.54) is 12.1 Å². The molecule has 1 unspecified atom stereocenters. The molecule has 0 aliphatic heterocycles. The molecule has 0 amide bonds. The molecule has 2 nitrogen and oxygen atoms in total. The number of benzene rings is 1. The first kappa shape index (κ1) is 13.0. The maximum atomic E-state index is 12.8. The highest BCUT2D eigenvalue weighted by molar-refractivity contribution is 7.99. The van der Waals surface area contributed by atoms with E-state index in [0.29, 0.717) is 6.42 Å². The maximum Gasteiger partial charge on any atom is 0.124 e. The van der Waals surface area contributed by atoms with Gasteiger partial charge in [0.1, 0.15) is 11.4 Å². The Hall–Kier alpha value is -1.05. The first-order chi connectivity index (χ1) is 7.53. The number of hydrogen-bond acceptors (Lipinski definition) is 3. The molecule has 0 saturated carbocycles. The molecule has 0 bridgehead atoms.